The van der Waals surface area contributed by atoms with E-state index in [0.29, 0.717) is 6.42 Å². The lowest BCUT2D eigenvalue weighted by molar-refractivity contribution is -0.144. The minimum atomic E-state index is -0.976. The number of aliphatic hydroxyl groups is 1. The van der Waals surface area contributed by atoms with Crippen molar-refractivity contribution in [1.82, 2.24) is 10.6 Å². The number of fused-ring (bicyclic) bond motifs is 1. The summed E-state index contributed by atoms with van der Waals surface area (Å²) in [6.07, 6.45) is 3.15. The Morgan fingerprint density at radius 2 is 1.96 bits per heavy atom. The van der Waals surface area contributed by atoms with Crippen LogP contribution in [0.25, 0.3) is 10.8 Å². The normalized spacial score (nSPS) is 25.6. The van der Waals surface area contributed by atoms with Gasteiger partial charge in [-0.1, -0.05) is 55.8 Å². The second-order valence-corrected chi connectivity index (χ2v) is 7.52. The summed E-state index contributed by atoms with van der Waals surface area (Å²) in [6.45, 7) is 2.91. The van der Waals surface area contributed by atoms with Crippen LogP contribution >= 0.6 is 0 Å². The minimum Gasteiger partial charge on any atom is -0.479 e. The van der Waals surface area contributed by atoms with E-state index < -0.39 is 11.5 Å². The molecule has 2 aromatic rings. The number of aliphatic carboxylic acids is 1. The zero-order valence-corrected chi connectivity index (χ0v) is 16.1. The summed E-state index contributed by atoms with van der Waals surface area (Å²) >= 11 is 0. The second kappa shape index (κ2) is 8.71. The summed E-state index contributed by atoms with van der Waals surface area (Å²) < 4.78 is 0. The van der Waals surface area contributed by atoms with E-state index in [4.69, 9.17) is 10.2 Å². The maximum absolute atomic E-state index is 11.8. The molecule has 1 aliphatic carbocycles. The number of carboxylic acid groups (broad SMARTS) is 1. The van der Waals surface area contributed by atoms with Crippen LogP contribution in [-0.2, 0) is 16.2 Å². The molecule has 4 N–H and O–H groups in total. The second-order valence-electron chi connectivity index (χ2n) is 7.52. The SMILES string of the molecule is CCC1C[C@]1(NC(=O)C1CCCN1)C(=O)O.OCc1cccc2ccccc12. The highest BCUT2D eigenvalue weighted by atomic mass is 16.4. The summed E-state index contributed by atoms with van der Waals surface area (Å²) in [5, 5.41) is 26.3. The number of benzene rings is 2. The highest BCUT2D eigenvalue weighted by Crippen LogP contribution is 2.46. The minimum absolute atomic E-state index is 0.0929. The molecule has 0 aromatic heterocycles. The van der Waals surface area contributed by atoms with E-state index in [1.165, 1.54) is 5.39 Å². The van der Waals surface area contributed by atoms with Crippen LogP contribution in [-0.4, -0.2) is 40.2 Å². The highest BCUT2D eigenvalue weighted by Gasteiger charge is 2.60. The van der Waals surface area contributed by atoms with Crippen molar-refractivity contribution in [2.24, 2.45) is 5.92 Å². The quantitative estimate of drug-likeness (QED) is 0.635. The van der Waals surface area contributed by atoms with Gasteiger partial charge in [-0.15, -0.1) is 0 Å². The number of carbonyl (C=O) groups is 2. The van der Waals surface area contributed by atoms with E-state index in [-0.39, 0.29) is 24.5 Å². The van der Waals surface area contributed by atoms with Crippen molar-refractivity contribution >= 4 is 22.6 Å². The molecule has 1 saturated carbocycles. The molecule has 6 heteroatoms. The van der Waals surface area contributed by atoms with Crippen molar-refractivity contribution in [3.8, 4) is 0 Å². The average molecular weight is 384 g/mol. The average Bonchev–Trinajstić information content (AvgIpc) is 3.16. The first-order valence-corrected chi connectivity index (χ1v) is 9.88. The van der Waals surface area contributed by atoms with Gasteiger partial charge in [-0.05, 0) is 48.1 Å². The van der Waals surface area contributed by atoms with Gasteiger partial charge < -0.3 is 20.8 Å². The maximum Gasteiger partial charge on any atom is 0.329 e. The summed E-state index contributed by atoms with van der Waals surface area (Å²) in [5.41, 5.74) is 0.0175. The molecule has 2 fully saturated rings. The lowest BCUT2D eigenvalue weighted by atomic mass is 10.1. The monoisotopic (exact) mass is 384 g/mol. The number of hydrogen-bond acceptors (Lipinski definition) is 4. The molecular weight excluding hydrogens is 356 g/mol. The summed E-state index contributed by atoms with van der Waals surface area (Å²) in [5.74, 6) is -0.961. The third kappa shape index (κ3) is 4.18. The van der Waals surface area contributed by atoms with Gasteiger partial charge in [0.05, 0.1) is 12.6 Å². The van der Waals surface area contributed by atoms with Crippen LogP contribution in [0, 0.1) is 5.92 Å². The van der Waals surface area contributed by atoms with Crippen molar-refractivity contribution < 1.29 is 19.8 Å². The molecule has 1 amide bonds. The van der Waals surface area contributed by atoms with Crippen LogP contribution in [0.2, 0.25) is 0 Å². The molecule has 0 spiro atoms. The van der Waals surface area contributed by atoms with E-state index in [1.54, 1.807) is 0 Å². The van der Waals surface area contributed by atoms with Crippen LogP contribution in [0.3, 0.4) is 0 Å². The standard InChI is InChI=1S/C11H18N2O3.C11H10O/c1-2-7-6-11(7,10(15)16)13-9(14)8-4-3-5-12-8;12-8-10-6-3-5-9-4-1-2-7-11(9)10/h7-8,12H,2-6H2,1H3,(H,13,14)(H,15,16);1-7,12H,8H2/t7?,8?,11-;/m1./s1. The Bertz CT molecular complexity index is 842. The van der Waals surface area contributed by atoms with E-state index in [9.17, 15) is 9.59 Å². The maximum atomic E-state index is 11.8. The molecule has 2 unspecified atom stereocenters. The third-order valence-corrected chi connectivity index (χ3v) is 5.75. The first-order valence-electron chi connectivity index (χ1n) is 9.88. The van der Waals surface area contributed by atoms with Crippen LogP contribution in [0.5, 0.6) is 0 Å². The van der Waals surface area contributed by atoms with Crippen molar-refractivity contribution in [2.75, 3.05) is 6.54 Å². The fourth-order valence-electron chi connectivity index (χ4n) is 3.94. The molecule has 0 radical (unpaired) electrons. The van der Waals surface area contributed by atoms with Crippen molar-refractivity contribution in [1.29, 1.82) is 0 Å². The smallest absolute Gasteiger partial charge is 0.329 e. The molecule has 1 saturated heterocycles. The molecule has 1 heterocycles. The van der Waals surface area contributed by atoms with Gasteiger partial charge in [0.1, 0.15) is 5.54 Å². The molecular formula is C22H28N2O4. The van der Waals surface area contributed by atoms with Gasteiger partial charge in [0, 0.05) is 0 Å². The highest BCUT2D eigenvalue weighted by molar-refractivity contribution is 5.92. The molecule has 28 heavy (non-hydrogen) atoms. The van der Waals surface area contributed by atoms with Crippen molar-refractivity contribution in [3.63, 3.8) is 0 Å². The van der Waals surface area contributed by atoms with E-state index >= 15 is 0 Å². The predicted octanol–water partition coefficient (Wildman–Crippen LogP) is 2.44. The summed E-state index contributed by atoms with van der Waals surface area (Å²) in [7, 11) is 0. The molecule has 0 bridgehead atoms. The lowest BCUT2D eigenvalue weighted by Crippen LogP contribution is -2.51. The molecule has 4 rings (SSSR count). The zero-order chi connectivity index (χ0) is 20.1. The Morgan fingerprint density at radius 1 is 1.21 bits per heavy atom. The topological polar surface area (TPSA) is 98.7 Å². The van der Waals surface area contributed by atoms with E-state index in [0.717, 1.165) is 36.8 Å². The van der Waals surface area contributed by atoms with Gasteiger partial charge in [-0.3, -0.25) is 4.79 Å². The van der Waals surface area contributed by atoms with Crippen LogP contribution in [0.4, 0.5) is 0 Å². The number of hydrogen-bond donors (Lipinski definition) is 4. The number of carbonyl (C=O) groups excluding carboxylic acids is 1. The molecule has 150 valence electrons. The number of amides is 1. The first kappa shape index (κ1) is 20.3. The Kier molecular flexibility index (Phi) is 6.31. The van der Waals surface area contributed by atoms with Gasteiger partial charge in [-0.25, -0.2) is 4.79 Å². The third-order valence-electron chi connectivity index (χ3n) is 5.75. The predicted molar refractivity (Wildman–Crippen MR) is 108 cm³/mol. The van der Waals surface area contributed by atoms with Gasteiger partial charge in [0.2, 0.25) is 5.91 Å². The van der Waals surface area contributed by atoms with Crippen LogP contribution in [0.1, 0.15) is 38.2 Å². The summed E-state index contributed by atoms with van der Waals surface area (Å²) in [6, 6.07) is 13.8. The Morgan fingerprint density at radius 3 is 2.57 bits per heavy atom. The van der Waals surface area contributed by atoms with Crippen molar-refractivity contribution in [3.05, 3.63) is 48.0 Å². The van der Waals surface area contributed by atoms with Gasteiger partial charge in [0.25, 0.3) is 0 Å². The molecule has 3 atom stereocenters. The Balaban J connectivity index is 0.000000167. The van der Waals surface area contributed by atoms with Crippen LogP contribution < -0.4 is 10.6 Å². The Hall–Kier alpha value is -2.44. The molecule has 2 aliphatic rings. The summed E-state index contributed by atoms with van der Waals surface area (Å²) in [4.78, 5) is 23.0. The molecule has 1 aliphatic heterocycles. The fourth-order valence-corrected chi connectivity index (χ4v) is 3.94. The largest absolute Gasteiger partial charge is 0.479 e. The number of aliphatic hydroxyl groups excluding tert-OH is 1. The van der Waals surface area contributed by atoms with Gasteiger partial charge in [0.15, 0.2) is 0 Å². The van der Waals surface area contributed by atoms with E-state index in [2.05, 4.69) is 22.8 Å². The molecule has 6 nitrogen and oxygen atoms in total. The lowest BCUT2D eigenvalue weighted by Gasteiger charge is -2.17. The Labute approximate surface area is 164 Å². The van der Waals surface area contributed by atoms with Gasteiger partial charge in [-0.2, -0.15) is 0 Å². The number of nitrogens with one attached hydrogen (secondary N) is 2. The van der Waals surface area contributed by atoms with E-state index in [1.807, 2.05) is 37.3 Å². The van der Waals surface area contributed by atoms with Gasteiger partial charge >= 0.3 is 5.97 Å². The number of rotatable bonds is 5. The van der Waals surface area contributed by atoms with Crippen molar-refractivity contribution in [2.45, 2.75) is 50.8 Å². The van der Waals surface area contributed by atoms with Crippen LogP contribution in [0.15, 0.2) is 42.5 Å². The fraction of sp³-hybridized carbons (Fsp3) is 0.455. The first-order chi connectivity index (χ1) is 13.5. The molecule has 2 aromatic carbocycles. The zero-order valence-electron chi connectivity index (χ0n) is 16.1. The number of carboxylic acids is 1.